The van der Waals surface area contributed by atoms with Gasteiger partial charge in [-0.15, -0.1) is 23.5 Å². The number of benzene rings is 2. The Morgan fingerprint density at radius 1 is 1.08 bits per heavy atom. The predicted molar refractivity (Wildman–Crippen MR) is 108 cm³/mol. The molecule has 2 heterocycles. The molecule has 0 saturated carbocycles. The van der Waals surface area contributed by atoms with Crippen LogP contribution in [-0.2, 0) is 6.42 Å². The van der Waals surface area contributed by atoms with E-state index in [2.05, 4.69) is 34.6 Å². The molecule has 0 aliphatic carbocycles. The molecule has 25 heavy (non-hydrogen) atoms. The molecule has 2 N–H and O–H groups in total. The van der Waals surface area contributed by atoms with Gasteiger partial charge in [-0.25, -0.2) is 0 Å². The predicted octanol–water partition coefficient (Wildman–Crippen LogP) is 4.62. The molecule has 5 heteroatoms. The van der Waals surface area contributed by atoms with E-state index in [1.54, 1.807) is 0 Å². The number of thioether (sulfide) groups is 2. The summed E-state index contributed by atoms with van der Waals surface area (Å²) in [6.07, 6.45) is 2.85. The molecule has 1 aliphatic heterocycles. The fourth-order valence-electron chi connectivity index (χ4n) is 3.09. The van der Waals surface area contributed by atoms with Gasteiger partial charge in [-0.2, -0.15) is 0 Å². The van der Waals surface area contributed by atoms with Crippen LogP contribution in [0.3, 0.4) is 0 Å². The van der Waals surface area contributed by atoms with Gasteiger partial charge < -0.3 is 10.3 Å². The van der Waals surface area contributed by atoms with E-state index in [4.69, 9.17) is 0 Å². The smallest absolute Gasteiger partial charge is 0.251 e. The van der Waals surface area contributed by atoms with Crippen LogP contribution < -0.4 is 5.32 Å². The molecular formula is C20H20N2OS2. The van der Waals surface area contributed by atoms with E-state index in [1.165, 1.54) is 28.0 Å². The summed E-state index contributed by atoms with van der Waals surface area (Å²) in [7, 11) is 0. The van der Waals surface area contributed by atoms with Crippen LogP contribution in [0.1, 0.15) is 26.1 Å². The van der Waals surface area contributed by atoms with Gasteiger partial charge in [0.1, 0.15) is 0 Å². The maximum absolute atomic E-state index is 12.3. The van der Waals surface area contributed by atoms with Crippen LogP contribution in [0.5, 0.6) is 0 Å². The van der Waals surface area contributed by atoms with E-state index in [9.17, 15) is 4.79 Å². The molecule has 0 spiro atoms. The standard InChI is InChI=1S/C20H20N2OS2/c23-19(14-5-7-15(8-6-14)20-24-11-12-25-20)21-10-9-16-13-22-18-4-2-1-3-17(16)18/h1-8,13,20,22H,9-12H2,(H,21,23). The van der Waals surface area contributed by atoms with Gasteiger partial charge in [-0.3, -0.25) is 4.79 Å². The van der Waals surface area contributed by atoms with E-state index in [0.717, 1.165) is 17.5 Å². The Morgan fingerprint density at radius 2 is 1.84 bits per heavy atom. The third-order valence-electron chi connectivity index (χ3n) is 4.42. The van der Waals surface area contributed by atoms with E-state index in [-0.39, 0.29) is 5.91 Å². The average molecular weight is 369 g/mol. The fourth-order valence-corrected chi connectivity index (χ4v) is 5.95. The first-order valence-corrected chi connectivity index (χ1v) is 10.6. The second-order valence-electron chi connectivity index (χ2n) is 6.06. The first-order chi connectivity index (χ1) is 12.3. The quantitative estimate of drug-likeness (QED) is 0.691. The Labute approximate surface area is 156 Å². The van der Waals surface area contributed by atoms with Crippen LogP contribution in [0.4, 0.5) is 0 Å². The lowest BCUT2D eigenvalue weighted by Gasteiger charge is -2.09. The van der Waals surface area contributed by atoms with E-state index in [1.807, 2.05) is 54.0 Å². The summed E-state index contributed by atoms with van der Waals surface area (Å²) in [4.78, 5) is 15.6. The first-order valence-electron chi connectivity index (χ1n) is 8.47. The van der Waals surface area contributed by atoms with Crippen LogP contribution in [0.15, 0.2) is 54.7 Å². The zero-order valence-corrected chi connectivity index (χ0v) is 15.5. The molecular weight excluding hydrogens is 348 g/mol. The van der Waals surface area contributed by atoms with E-state index < -0.39 is 0 Å². The van der Waals surface area contributed by atoms with Crippen LogP contribution in [-0.4, -0.2) is 28.9 Å². The molecule has 1 aromatic heterocycles. The Bertz CT molecular complexity index is 867. The number of hydrogen-bond acceptors (Lipinski definition) is 3. The molecule has 3 nitrogen and oxygen atoms in total. The van der Waals surface area contributed by atoms with Crippen molar-refractivity contribution in [3.05, 3.63) is 71.4 Å². The van der Waals surface area contributed by atoms with Crippen molar-refractivity contribution in [1.29, 1.82) is 0 Å². The van der Waals surface area contributed by atoms with E-state index in [0.29, 0.717) is 11.1 Å². The van der Waals surface area contributed by atoms with Gasteiger partial charge in [0.05, 0.1) is 4.58 Å². The lowest BCUT2D eigenvalue weighted by atomic mass is 10.1. The molecule has 1 amide bonds. The largest absolute Gasteiger partial charge is 0.361 e. The summed E-state index contributed by atoms with van der Waals surface area (Å²) in [5, 5.41) is 4.26. The molecule has 1 aliphatic rings. The van der Waals surface area contributed by atoms with Crippen molar-refractivity contribution >= 4 is 40.3 Å². The zero-order chi connectivity index (χ0) is 17.1. The highest BCUT2D eigenvalue weighted by molar-refractivity contribution is 8.19. The number of hydrogen-bond donors (Lipinski definition) is 2. The van der Waals surface area contributed by atoms with E-state index >= 15 is 0 Å². The van der Waals surface area contributed by atoms with Crippen molar-refractivity contribution in [3.8, 4) is 0 Å². The van der Waals surface area contributed by atoms with Gasteiger partial charge in [0.2, 0.25) is 0 Å². The Kier molecular flexibility index (Phi) is 5.04. The summed E-state index contributed by atoms with van der Waals surface area (Å²) in [5.74, 6) is 2.43. The van der Waals surface area contributed by atoms with Crippen LogP contribution in [0, 0.1) is 0 Å². The number of fused-ring (bicyclic) bond motifs is 1. The Morgan fingerprint density at radius 3 is 2.64 bits per heavy atom. The molecule has 128 valence electrons. The number of carbonyl (C=O) groups excluding carboxylic acids is 1. The molecule has 0 bridgehead atoms. The lowest BCUT2D eigenvalue weighted by molar-refractivity contribution is 0.0954. The highest BCUT2D eigenvalue weighted by Gasteiger charge is 2.18. The lowest BCUT2D eigenvalue weighted by Crippen LogP contribution is -2.25. The van der Waals surface area contributed by atoms with Gasteiger partial charge in [0, 0.05) is 40.7 Å². The normalized spacial score (nSPS) is 14.9. The topological polar surface area (TPSA) is 44.9 Å². The average Bonchev–Trinajstić information content (AvgIpc) is 3.32. The molecule has 0 atom stereocenters. The number of rotatable bonds is 5. The monoisotopic (exact) mass is 368 g/mol. The number of H-pyrrole nitrogens is 1. The Balaban J connectivity index is 1.34. The summed E-state index contributed by atoms with van der Waals surface area (Å²) < 4.78 is 0.527. The van der Waals surface area contributed by atoms with Crippen molar-refractivity contribution in [2.24, 2.45) is 0 Å². The number of nitrogens with one attached hydrogen (secondary N) is 2. The number of amides is 1. The number of para-hydroxylation sites is 1. The second-order valence-corrected chi connectivity index (χ2v) is 8.79. The van der Waals surface area contributed by atoms with Gasteiger partial charge in [-0.05, 0) is 35.7 Å². The maximum Gasteiger partial charge on any atom is 0.251 e. The summed E-state index contributed by atoms with van der Waals surface area (Å²) in [5.41, 5.74) is 4.42. The molecule has 2 aromatic carbocycles. The van der Waals surface area contributed by atoms with Crippen molar-refractivity contribution in [3.63, 3.8) is 0 Å². The summed E-state index contributed by atoms with van der Waals surface area (Å²) in [6, 6.07) is 16.3. The van der Waals surface area contributed by atoms with Gasteiger partial charge in [0.25, 0.3) is 5.91 Å². The minimum Gasteiger partial charge on any atom is -0.361 e. The Hall–Kier alpha value is -1.85. The van der Waals surface area contributed by atoms with Crippen molar-refractivity contribution in [2.75, 3.05) is 18.1 Å². The number of aromatic nitrogens is 1. The van der Waals surface area contributed by atoms with Crippen molar-refractivity contribution in [1.82, 2.24) is 10.3 Å². The minimum absolute atomic E-state index is 0.00174. The third kappa shape index (κ3) is 3.72. The summed E-state index contributed by atoms with van der Waals surface area (Å²) in [6.45, 7) is 0.636. The highest BCUT2D eigenvalue weighted by Crippen LogP contribution is 2.45. The van der Waals surface area contributed by atoms with Crippen LogP contribution in [0.25, 0.3) is 10.9 Å². The second kappa shape index (κ2) is 7.58. The van der Waals surface area contributed by atoms with Gasteiger partial charge in [0.15, 0.2) is 0 Å². The third-order valence-corrected chi connectivity index (χ3v) is 7.53. The molecule has 0 unspecified atom stereocenters. The minimum atomic E-state index is -0.00174. The number of carbonyl (C=O) groups is 1. The molecule has 1 fully saturated rings. The van der Waals surface area contributed by atoms with Crippen molar-refractivity contribution < 1.29 is 4.79 Å². The van der Waals surface area contributed by atoms with Crippen LogP contribution >= 0.6 is 23.5 Å². The first kappa shape index (κ1) is 16.6. The molecule has 4 rings (SSSR count). The molecule has 0 radical (unpaired) electrons. The molecule has 1 saturated heterocycles. The number of aromatic amines is 1. The molecule has 3 aromatic rings. The van der Waals surface area contributed by atoms with Crippen molar-refractivity contribution in [2.45, 2.75) is 11.0 Å². The SMILES string of the molecule is O=C(NCCc1c[nH]c2ccccc12)c1ccc(C2SCCS2)cc1. The van der Waals surface area contributed by atoms with Crippen LogP contribution in [0.2, 0.25) is 0 Å². The zero-order valence-electron chi connectivity index (χ0n) is 13.8. The van der Waals surface area contributed by atoms with Gasteiger partial charge in [-0.1, -0.05) is 30.3 Å². The highest BCUT2D eigenvalue weighted by atomic mass is 32.2. The fraction of sp³-hybridized carbons (Fsp3) is 0.250. The summed E-state index contributed by atoms with van der Waals surface area (Å²) >= 11 is 3.96. The maximum atomic E-state index is 12.3. The van der Waals surface area contributed by atoms with Gasteiger partial charge >= 0.3 is 0 Å².